The van der Waals surface area contributed by atoms with E-state index in [1.807, 2.05) is 26.0 Å². The summed E-state index contributed by atoms with van der Waals surface area (Å²) < 4.78 is 0. The van der Waals surface area contributed by atoms with Gasteiger partial charge in [0, 0.05) is 25.3 Å². The normalized spacial score (nSPS) is 26.6. The summed E-state index contributed by atoms with van der Waals surface area (Å²) >= 11 is 5.87. The smallest absolute Gasteiger partial charge is 0.128 e. The Morgan fingerprint density at radius 1 is 1.21 bits per heavy atom. The minimum Gasteiger partial charge on any atom is -0.356 e. The van der Waals surface area contributed by atoms with Crippen LogP contribution in [0.1, 0.15) is 26.7 Å². The van der Waals surface area contributed by atoms with Crippen LogP contribution in [-0.4, -0.2) is 42.6 Å². The van der Waals surface area contributed by atoms with Crippen molar-refractivity contribution < 1.29 is 0 Å². The lowest BCUT2D eigenvalue weighted by atomic mass is 9.93. The Labute approximate surface area is 121 Å². The molecule has 1 aromatic rings. The van der Waals surface area contributed by atoms with Crippen LogP contribution in [0, 0.1) is 5.92 Å². The molecule has 3 nitrogen and oxygen atoms in total. The number of fused-ring (bicyclic) bond motifs is 1. The van der Waals surface area contributed by atoms with Gasteiger partial charge in [-0.3, -0.25) is 0 Å². The van der Waals surface area contributed by atoms with Gasteiger partial charge in [0.05, 0.1) is 5.02 Å². The molecule has 0 bridgehead atoms. The number of hydrogen-bond donors (Lipinski definition) is 0. The predicted octanol–water partition coefficient (Wildman–Crippen LogP) is 3.29. The second kappa shape index (κ2) is 6.58. The van der Waals surface area contributed by atoms with Crippen molar-refractivity contribution in [3.05, 3.63) is 23.4 Å². The molecule has 106 valence electrons. The molecule has 2 atom stereocenters. The molecule has 0 spiro atoms. The molecule has 19 heavy (non-hydrogen) atoms. The minimum atomic E-state index is 0.712. The first-order valence-corrected chi connectivity index (χ1v) is 7.68. The van der Waals surface area contributed by atoms with Gasteiger partial charge in [0.1, 0.15) is 5.82 Å². The summed E-state index contributed by atoms with van der Waals surface area (Å²) in [6.07, 6.45) is 4.32. The molecule has 0 aromatic carbocycles. The standard InChI is InChI=1S/C13H18ClN3.C2H6/c1-16-6-4-10-9-17(7-5-12(10)16)13-3-2-11(14)8-15-13;1-2/h2-3,8,10,12H,4-7,9H2,1H3;1-2H3. The van der Waals surface area contributed by atoms with E-state index in [4.69, 9.17) is 11.6 Å². The lowest BCUT2D eigenvalue weighted by molar-refractivity contribution is 0.239. The highest BCUT2D eigenvalue weighted by molar-refractivity contribution is 6.30. The van der Waals surface area contributed by atoms with Crippen molar-refractivity contribution in [2.24, 2.45) is 5.92 Å². The molecule has 2 aliphatic heterocycles. The van der Waals surface area contributed by atoms with Crippen LogP contribution in [0.15, 0.2) is 18.3 Å². The number of pyridine rings is 1. The van der Waals surface area contributed by atoms with E-state index in [9.17, 15) is 0 Å². The Balaban J connectivity index is 0.000000637. The van der Waals surface area contributed by atoms with Gasteiger partial charge in [-0.2, -0.15) is 0 Å². The van der Waals surface area contributed by atoms with E-state index in [0.717, 1.165) is 30.9 Å². The molecule has 2 aliphatic rings. The molecule has 3 rings (SSSR count). The van der Waals surface area contributed by atoms with Gasteiger partial charge in [-0.15, -0.1) is 0 Å². The lowest BCUT2D eigenvalue weighted by Crippen LogP contribution is -2.45. The maximum absolute atomic E-state index is 5.87. The maximum atomic E-state index is 5.87. The first kappa shape index (κ1) is 14.6. The third kappa shape index (κ3) is 3.21. The van der Waals surface area contributed by atoms with Crippen LogP contribution in [0.2, 0.25) is 5.02 Å². The maximum Gasteiger partial charge on any atom is 0.128 e. The summed E-state index contributed by atoms with van der Waals surface area (Å²) in [6, 6.07) is 4.75. The van der Waals surface area contributed by atoms with Crippen molar-refractivity contribution in [3.63, 3.8) is 0 Å². The van der Waals surface area contributed by atoms with Crippen LogP contribution >= 0.6 is 11.6 Å². The Morgan fingerprint density at radius 3 is 2.68 bits per heavy atom. The summed E-state index contributed by atoms with van der Waals surface area (Å²) in [5.74, 6) is 1.88. The fourth-order valence-corrected chi connectivity index (χ4v) is 3.29. The summed E-state index contributed by atoms with van der Waals surface area (Å²) in [6.45, 7) is 7.50. The first-order chi connectivity index (χ1) is 9.24. The number of rotatable bonds is 1. The van der Waals surface area contributed by atoms with E-state index in [2.05, 4.69) is 21.8 Å². The molecule has 2 unspecified atom stereocenters. The Bertz CT molecular complexity index is 393. The number of halogens is 1. The molecule has 0 N–H and O–H groups in total. The van der Waals surface area contributed by atoms with Crippen molar-refractivity contribution in [2.45, 2.75) is 32.7 Å². The summed E-state index contributed by atoms with van der Waals surface area (Å²) in [4.78, 5) is 9.33. The Morgan fingerprint density at radius 2 is 2.00 bits per heavy atom. The monoisotopic (exact) mass is 281 g/mol. The number of piperidine rings is 1. The summed E-state index contributed by atoms with van der Waals surface area (Å²) in [5.41, 5.74) is 0. The van der Waals surface area contributed by atoms with Crippen molar-refractivity contribution in [1.29, 1.82) is 0 Å². The zero-order valence-electron chi connectivity index (χ0n) is 12.1. The van der Waals surface area contributed by atoms with Gasteiger partial charge in [-0.05, 0) is 44.5 Å². The van der Waals surface area contributed by atoms with Gasteiger partial charge in [0.25, 0.3) is 0 Å². The van der Waals surface area contributed by atoms with E-state index in [1.54, 1.807) is 6.20 Å². The van der Waals surface area contributed by atoms with Gasteiger partial charge in [-0.1, -0.05) is 25.4 Å². The van der Waals surface area contributed by atoms with Gasteiger partial charge >= 0.3 is 0 Å². The van der Waals surface area contributed by atoms with E-state index >= 15 is 0 Å². The number of nitrogens with zero attached hydrogens (tertiary/aromatic N) is 3. The molecule has 1 aromatic heterocycles. The summed E-state index contributed by atoms with van der Waals surface area (Å²) in [7, 11) is 2.25. The van der Waals surface area contributed by atoms with Crippen LogP contribution in [0.4, 0.5) is 5.82 Å². The lowest BCUT2D eigenvalue weighted by Gasteiger charge is -2.37. The van der Waals surface area contributed by atoms with Gasteiger partial charge in [-0.25, -0.2) is 4.98 Å². The van der Waals surface area contributed by atoms with Crippen molar-refractivity contribution >= 4 is 17.4 Å². The molecule has 0 radical (unpaired) electrons. The van der Waals surface area contributed by atoms with E-state index < -0.39 is 0 Å². The Hall–Kier alpha value is -0.800. The van der Waals surface area contributed by atoms with Crippen molar-refractivity contribution in [3.8, 4) is 0 Å². The quantitative estimate of drug-likeness (QED) is 0.787. The SMILES string of the molecule is CC.CN1CCC2CN(c3ccc(Cl)cn3)CCC21. The average molecular weight is 282 g/mol. The van der Waals surface area contributed by atoms with Crippen molar-refractivity contribution in [2.75, 3.05) is 31.6 Å². The fourth-order valence-electron chi connectivity index (χ4n) is 3.18. The topological polar surface area (TPSA) is 19.4 Å². The zero-order chi connectivity index (χ0) is 13.8. The van der Waals surface area contributed by atoms with Crippen LogP contribution < -0.4 is 4.90 Å². The van der Waals surface area contributed by atoms with Crippen molar-refractivity contribution in [1.82, 2.24) is 9.88 Å². The molecule has 0 aliphatic carbocycles. The third-order valence-corrected chi connectivity index (χ3v) is 4.37. The Kier molecular flexibility index (Phi) is 5.06. The second-order valence-electron chi connectivity index (χ2n) is 5.17. The minimum absolute atomic E-state index is 0.712. The average Bonchev–Trinajstić information content (AvgIpc) is 2.83. The second-order valence-corrected chi connectivity index (χ2v) is 5.60. The van der Waals surface area contributed by atoms with Crippen LogP contribution in [0.5, 0.6) is 0 Å². The first-order valence-electron chi connectivity index (χ1n) is 7.31. The largest absolute Gasteiger partial charge is 0.356 e. The fraction of sp³-hybridized carbons (Fsp3) is 0.667. The predicted molar refractivity (Wildman–Crippen MR) is 82.0 cm³/mol. The molecule has 0 amide bonds. The third-order valence-electron chi connectivity index (χ3n) is 4.15. The number of likely N-dealkylation sites (tertiary alicyclic amines) is 1. The van der Waals surface area contributed by atoms with Crippen LogP contribution in [0.25, 0.3) is 0 Å². The highest BCUT2D eigenvalue weighted by atomic mass is 35.5. The highest BCUT2D eigenvalue weighted by Gasteiger charge is 2.36. The molecule has 4 heteroatoms. The molecule has 0 saturated carbocycles. The zero-order valence-corrected chi connectivity index (χ0v) is 12.9. The molecule has 2 fully saturated rings. The summed E-state index contributed by atoms with van der Waals surface area (Å²) in [5, 5.41) is 0.712. The molecular weight excluding hydrogens is 258 g/mol. The molecular formula is C15H24ClN3. The number of hydrogen-bond acceptors (Lipinski definition) is 3. The van der Waals surface area contributed by atoms with Crippen LogP contribution in [-0.2, 0) is 0 Å². The number of aromatic nitrogens is 1. The van der Waals surface area contributed by atoms with E-state index in [0.29, 0.717) is 5.02 Å². The van der Waals surface area contributed by atoms with Gasteiger partial charge in [0.2, 0.25) is 0 Å². The highest BCUT2D eigenvalue weighted by Crippen LogP contribution is 2.31. The van der Waals surface area contributed by atoms with Gasteiger partial charge in [0.15, 0.2) is 0 Å². The molecule has 2 saturated heterocycles. The van der Waals surface area contributed by atoms with Gasteiger partial charge < -0.3 is 9.80 Å². The van der Waals surface area contributed by atoms with E-state index in [1.165, 1.54) is 19.4 Å². The van der Waals surface area contributed by atoms with Crippen LogP contribution in [0.3, 0.4) is 0 Å². The molecule has 3 heterocycles. The number of anilines is 1. The van der Waals surface area contributed by atoms with E-state index in [-0.39, 0.29) is 0 Å².